The first-order valence-electron chi connectivity index (χ1n) is 5.76. The predicted octanol–water partition coefficient (Wildman–Crippen LogP) is 1.87. The summed E-state index contributed by atoms with van der Waals surface area (Å²) in [5.74, 6) is 0.662. The smallest absolute Gasteiger partial charge is 0.263 e. The molecule has 2 heterocycles. The summed E-state index contributed by atoms with van der Waals surface area (Å²) in [4.78, 5) is 16.2. The van der Waals surface area contributed by atoms with Gasteiger partial charge >= 0.3 is 0 Å². The second-order valence-electron chi connectivity index (χ2n) is 4.41. The first-order valence-corrected chi connectivity index (χ1v) is 6.58. The van der Waals surface area contributed by atoms with Crippen LogP contribution in [0.2, 0.25) is 0 Å². The molecule has 0 radical (unpaired) electrons. The third kappa shape index (κ3) is 2.44. The van der Waals surface area contributed by atoms with E-state index in [1.165, 1.54) is 4.88 Å². The highest BCUT2D eigenvalue weighted by atomic mass is 32.1. The van der Waals surface area contributed by atoms with Crippen molar-refractivity contribution in [2.24, 2.45) is 11.7 Å². The average molecular weight is 238 g/mol. The highest BCUT2D eigenvalue weighted by molar-refractivity contribution is 7.13. The van der Waals surface area contributed by atoms with Crippen molar-refractivity contribution in [3.8, 4) is 0 Å². The Morgan fingerprint density at radius 3 is 3.06 bits per heavy atom. The molecule has 1 aromatic heterocycles. The van der Waals surface area contributed by atoms with E-state index >= 15 is 0 Å². The van der Waals surface area contributed by atoms with E-state index in [4.69, 9.17) is 5.73 Å². The van der Waals surface area contributed by atoms with E-state index in [9.17, 15) is 4.79 Å². The first-order chi connectivity index (χ1) is 7.70. The molecule has 1 amide bonds. The fraction of sp³-hybridized carbons (Fsp3) is 0.583. The van der Waals surface area contributed by atoms with E-state index in [1.807, 2.05) is 24.0 Å². The standard InChI is InChI=1S/C12H18N2OS/c1-9-4-5-11(16-9)12(15)14-6-2-3-10(7-13)8-14/h4-5,10H,2-3,6-8,13H2,1H3/t10-/m0/s1. The number of nitrogens with zero attached hydrogens (tertiary/aromatic N) is 1. The number of hydrogen-bond acceptors (Lipinski definition) is 3. The molecule has 4 heteroatoms. The van der Waals surface area contributed by atoms with Gasteiger partial charge in [-0.3, -0.25) is 4.79 Å². The number of aryl methyl sites for hydroxylation is 1. The summed E-state index contributed by atoms with van der Waals surface area (Å²) in [6.45, 7) is 4.42. The molecule has 0 aromatic carbocycles. The molecular weight excluding hydrogens is 220 g/mol. The van der Waals surface area contributed by atoms with Crippen molar-refractivity contribution in [2.75, 3.05) is 19.6 Å². The highest BCUT2D eigenvalue weighted by Crippen LogP contribution is 2.21. The van der Waals surface area contributed by atoms with Crippen LogP contribution in [0.4, 0.5) is 0 Å². The Bertz CT molecular complexity index is 375. The molecule has 1 atom stereocenters. The second-order valence-corrected chi connectivity index (χ2v) is 5.69. The predicted molar refractivity (Wildman–Crippen MR) is 66.7 cm³/mol. The molecular formula is C12H18N2OS. The molecule has 0 unspecified atom stereocenters. The van der Waals surface area contributed by atoms with Crippen LogP contribution in [0.3, 0.4) is 0 Å². The van der Waals surface area contributed by atoms with Gasteiger partial charge in [0.2, 0.25) is 0 Å². The van der Waals surface area contributed by atoms with Gasteiger partial charge in [0, 0.05) is 18.0 Å². The molecule has 16 heavy (non-hydrogen) atoms. The van der Waals surface area contributed by atoms with Crippen LogP contribution in [0.5, 0.6) is 0 Å². The van der Waals surface area contributed by atoms with Crippen molar-refractivity contribution >= 4 is 17.2 Å². The lowest BCUT2D eigenvalue weighted by Gasteiger charge is -2.31. The van der Waals surface area contributed by atoms with E-state index in [0.29, 0.717) is 12.5 Å². The number of likely N-dealkylation sites (tertiary alicyclic amines) is 1. The molecule has 1 aliphatic rings. The lowest BCUT2D eigenvalue weighted by molar-refractivity contribution is 0.0683. The van der Waals surface area contributed by atoms with Gasteiger partial charge in [-0.1, -0.05) is 0 Å². The van der Waals surface area contributed by atoms with Gasteiger partial charge in [-0.25, -0.2) is 0 Å². The number of piperidine rings is 1. The third-order valence-corrected chi connectivity index (χ3v) is 4.08. The molecule has 1 fully saturated rings. The highest BCUT2D eigenvalue weighted by Gasteiger charge is 2.24. The minimum atomic E-state index is 0.177. The van der Waals surface area contributed by atoms with Crippen LogP contribution in [0.25, 0.3) is 0 Å². The molecule has 1 aromatic rings. The van der Waals surface area contributed by atoms with Crippen molar-refractivity contribution in [1.29, 1.82) is 0 Å². The lowest BCUT2D eigenvalue weighted by atomic mass is 9.98. The Morgan fingerprint density at radius 1 is 1.62 bits per heavy atom. The van der Waals surface area contributed by atoms with Gasteiger partial charge < -0.3 is 10.6 Å². The molecule has 0 saturated carbocycles. The summed E-state index contributed by atoms with van der Waals surface area (Å²) in [6.07, 6.45) is 2.24. The van der Waals surface area contributed by atoms with Gasteiger partial charge in [0.25, 0.3) is 5.91 Å². The molecule has 2 N–H and O–H groups in total. The van der Waals surface area contributed by atoms with Gasteiger partial charge in [-0.05, 0) is 44.4 Å². The zero-order valence-corrected chi connectivity index (χ0v) is 10.4. The Hall–Kier alpha value is -0.870. The Morgan fingerprint density at radius 2 is 2.44 bits per heavy atom. The quantitative estimate of drug-likeness (QED) is 0.855. The molecule has 0 spiro atoms. The van der Waals surface area contributed by atoms with E-state index in [1.54, 1.807) is 11.3 Å². The minimum absolute atomic E-state index is 0.177. The van der Waals surface area contributed by atoms with Crippen LogP contribution in [-0.4, -0.2) is 30.4 Å². The van der Waals surface area contributed by atoms with E-state index in [-0.39, 0.29) is 5.91 Å². The molecule has 3 nitrogen and oxygen atoms in total. The molecule has 1 saturated heterocycles. The molecule has 1 aliphatic heterocycles. The number of nitrogens with two attached hydrogens (primary N) is 1. The van der Waals surface area contributed by atoms with Gasteiger partial charge in [-0.15, -0.1) is 11.3 Å². The maximum atomic E-state index is 12.2. The molecule has 2 rings (SSSR count). The second kappa shape index (κ2) is 4.97. The summed E-state index contributed by atoms with van der Waals surface area (Å²) in [7, 11) is 0. The number of carbonyl (C=O) groups is 1. The topological polar surface area (TPSA) is 46.3 Å². The SMILES string of the molecule is Cc1ccc(C(=O)N2CCC[C@@H](CN)C2)s1. The van der Waals surface area contributed by atoms with Crippen molar-refractivity contribution in [3.05, 3.63) is 21.9 Å². The van der Waals surface area contributed by atoms with Gasteiger partial charge in [0.15, 0.2) is 0 Å². The van der Waals surface area contributed by atoms with Gasteiger partial charge in [0.05, 0.1) is 4.88 Å². The monoisotopic (exact) mass is 238 g/mol. The summed E-state index contributed by atoms with van der Waals surface area (Å²) >= 11 is 1.58. The third-order valence-electron chi connectivity index (χ3n) is 3.09. The van der Waals surface area contributed by atoms with E-state index < -0.39 is 0 Å². The van der Waals surface area contributed by atoms with E-state index in [0.717, 1.165) is 30.8 Å². The fourth-order valence-corrected chi connectivity index (χ4v) is 2.98. The Balaban J connectivity index is 2.04. The van der Waals surface area contributed by atoms with Crippen molar-refractivity contribution in [1.82, 2.24) is 4.90 Å². The van der Waals surface area contributed by atoms with Crippen LogP contribution in [0.1, 0.15) is 27.4 Å². The Labute approximate surface area is 100 Å². The lowest BCUT2D eigenvalue weighted by Crippen LogP contribution is -2.41. The minimum Gasteiger partial charge on any atom is -0.338 e. The van der Waals surface area contributed by atoms with Crippen LogP contribution in [-0.2, 0) is 0 Å². The fourth-order valence-electron chi connectivity index (χ4n) is 2.15. The summed E-state index contributed by atoms with van der Waals surface area (Å²) in [5, 5.41) is 0. The van der Waals surface area contributed by atoms with Crippen molar-refractivity contribution in [2.45, 2.75) is 19.8 Å². The van der Waals surface area contributed by atoms with Crippen LogP contribution in [0.15, 0.2) is 12.1 Å². The van der Waals surface area contributed by atoms with E-state index in [2.05, 4.69) is 0 Å². The molecule has 88 valence electrons. The maximum absolute atomic E-state index is 12.2. The zero-order valence-electron chi connectivity index (χ0n) is 9.61. The maximum Gasteiger partial charge on any atom is 0.263 e. The number of thiophene rings is 1. The number of hydrogen-bond donors (Lipinski definition) is 1. The first kappa shape index (κ1) is 11.6. The molecule has 0 bridgehead atoms. The number of carbonyl (C=O) groups excluding carboxylic acids is 1. The zero-order chi connectivity index (χ0) is 11.5. The summed E-state index contributed by atoms with van der Waals surface area (Å²) in [6, 6.07) is 3.93. The molecule has 0 aliphatic carbocycles. The average Bonchev–Trinajstić information content (AvgIpc) is 2.75. The normalized spacial score (nSPS) is 21.1. The van der Waals surface area contributed by atoms with Gasteiger partial charge in [0.1, 0.15) is 0 Å². The largest absolute Gasteiger partial charge is 0.338 e. The van der Waals surface area contributed by atoms with Crippen LogP contribution >= 0.6 is 11.3 Å². The summed E-state index contributed by atoms with van der Waals surface area (Å²) < 4.78 is 0. The number of rotatable bonds is 2. The summed E-state index contributed by atoms with van der Waals surface area (Å²) in [5.41, 5.74) is 5.67. The Kier molecular flexibility index (Phi) is 3.61. The van der Waals surface area contributed by atoms with Crippen molar-refractivity contribution in [3.63, 3.8) is 0 Å². The van der Waals surface area contributed by atoms with Crippen LogP contribution < -0.4 is 5.73 Å². The van der Waals surface area contributed by atoms with Crippen LogP contribution in [0, 0.1) is 12.8 Å². The van der Waals surface area contributed by atoms with Crippen molar-refractivity contribution < 1.29 is 4.79 Å². The van der Waals surface area contributed by atoms with Gasteiger partial charge in [-0.2, -0.15) is 0 Å². The number of amides is 1.